The van der Waals surface area contributed by atoms with Crippen molar-refractivity contribution in [3.63, 3.8) is 0 Å². The first-order valence-electron chi connectivity index (χ1n) is 8.60. The Kier molecular flexibility index (Phi) is 4.17. The first kappa shape index (κ1) is 15.7. The highest BCUT2D eigenvalue weighted by molar-refractivity contribution is 5.91. The maximum absolute atomic E-state index is 12.3. The zero-order chi connectivity index (χ0) is 17.2. The summed E-state index contributed by atoms with van der Waals surface area (Å²) in [4.78, 5) is 27.9. The number of amides is 3. The van der Waals surface area contributed by atoms with Gasteiger partial charge in [0.05, 0.1) is 24.2 Å². The van der Waals surface area contributed by atoms with Crippen molar-refractivity contribution >= 4 is 11.9 Å². The second-order valence-electron chi connectivity index (χ2n) is 6.51. The molecular weight excluding hydrogens is 322 g/mol. The standard InChI is InChI=1S/C17H21N5O3/c23-16(15-2-1-9-25-15)21-5-7-22(8-6-21)17(24)18-11-13-10-14(20-19-13)12-3-4-12/h1-2,9-10,12H,3-8,11H2,(H,18,24)(H,19,20). The van der Waals surface area contributed by atoms with E-state index in [9.17, 15) is 9.59 Å². The molecule has 0 radical (unpaired) electrons. The van der Waals surface area contributed by atoms with E-state index >= 15 is 0 Å². The van der Waals surface area contributed by atoms with Gasteiger partial charge in [-0.1, -0.05) is 0 Å². The van der Waals surface area contributed by atoms with Crippen LogP contribution in [0.1, 0.15) is 40.7 Å². The lowest BCUT2D eigenvalue weighted by atomic mass is 10.2. The molecule has 0 atom stereocenters. The summed E-state index contributed by atoms with van der Waals surface area (Å²) in [6, 6.07) is 5.26. The van der Waals surface area contributed by atoms with Gasteiger partial charge in [0.1, 0.15) is 0 Å². The van der Waals surface area contributed by atoms with Gasteiger partial charge in [0.15, 0.2) is 5.76 Å². The zero-order valence-corrected chi connectivity index (χ0v) is 13.9. The van der Waals surface area contributed by atoms with E-state index in [1.54, 1.807) is 21.9 Å². The van der Waals surface area contributed by atoms with Crippen molar-refractivity contribution in [1.82, 2.24) is 25.3 Å². The van der Waals surface area contributed by atoms with Gasteiger partial charge < -0.3 is 19.5 Å². The van der Waals surface area contributed by atoms with E-state index in [2.05, 4.69) is 15.5 Å². The van der Waals surface area contributed by atoms with Crippen LogP contribution in [0, 0.1) is 0 Å². The van der Waals surface area contributed by atoms with Crippen LogP contribution in [-0.2, 0) is 6.54 Å². The summed E-state index contributed by atoms with van der Waals surface area (Å²) in [5.41, 5.74) is 2.01. The number of nitrogens with zero attached hydrogens (tertiary/aromatic N) is 3. The van der Waals surface area contributed by atoms with Crippen LogP contribution in [0.3, 0.4) is 0 Å². The van der Waals surface area contributed by atoms with Crippen LogP contribution in [0.15, 0.2) is 28.9 Å². The number of aromatic nitrogens is 2. The van der Waals surface area contributed by atoms with E-state index in [1.165, 1.54) is 19.1 Å². The molecule has 25 heavy (non-hydrogen) atoms. The minimum Gasteiger partial charge on any atom is -0.459 e. The highest BCUT2D eigenvalue weighted by Gasteiger charge is 2.27. The third-order valence-electron chi connectivity index (χ3n) is 4.66. The average molecular weight is 343 g/mol. The first-order chi connectivity index (χ1) is 12.2. The maximum atomic E-state index is 12.3. The Bertz CT molecular complexity index is 742. The molecule has 8 nitrogen and oxygen atoms in total. The summed E-state index contributed by atoms with van der Waals surface area (Å²) in [6.45, 7) is 2.46. The number of hydrogen-bond acceptors (Lipinski definition) is 4. The van der Waals surface area contributed by atoms with Gasteiger partial charge in [-0.05, 0) is 31.0 Å². The van der Waals surface area contributed by atoms with Crippen molar-refractivity contribution in [2.45, 2.75) is 25.3 Å². The molecule has 1 saturated heterocycles. The lowest BCUT2D eigenvalue weighted by molar-refractivity contribution is 0.0634. The molecule has 1 aliphatic carbocycles. The Balaban J connectivity index is 1.24. The van der Waals surface area contributed by atoms with Gasteiger partial charge in [-0.2, -0.15) is 5.10 Å². The molecule has 1 aliphatic heterocycles. The predicted molar refractivity (Wildman–Crippen MR) is 89.0 cm³/mol. The van der Waals surface area contributed by atoms with E-state index in [-0.39, 0.29) is 11.9 Å². The summed E-state index contributed by atoms with van der Waals surface area (Å²) >= 11 is 0. The maximum Gasteiger partial charge on any atom is 0.317 e. The number of hydrogen-bond donors (Lipinski definition) is 2. The van der Waals surface area contributed by atoms with Crippen LogP contribution < -0.4 is 5.32 Å². The van der Waals surface area contributed by atoms with Crippen LogP contribution in [0.2, 0.25) is 0 Å². The Labute approximate surface area is 145 Å². The molecule has 0 aromatic carbocycles. The number of nitrogens with one attached hydrogen (secondary N) is 2. The van der Waals surface area contributed by atoms with E-state index in [0.717, 1.165) is 11.4 Å². The minimum absolute atomic E-state index is 0.118. The van der Waals surface area contributed by atoms with Crippen molar-refractivity contribution < 1.29 is 14.0 Å². The van der Waals surface area contributed by atoms with Crippen molar-refractivity contribution in [3.8, 4) is 0 Å². The normalized spacial score (nSPS) is 17.6. The summed E-state index contributed by atoms with van der Waals surface area (Å²) in [6.07, 6.45) is 3.90. The third kappa shape index (κ3) is 3.52. The number of carbonyl (C=O) groups excluding carboxylic acids is 2. The Morgan fingerprint density at radius 1 is 1.24 bits per heavy atom. The molecule has 2 fully saturated rings. The number of carbonyl (C=O) groups is 2. The number of furan rings is 1. The van der Waals surface area contributed by atoms with E-state index in [1.807, 2.05) is 6.07 Å². The van der Waals surface area contributed by atoms with E-state index < -0.39 is 0 Å². The van der Waals surface area contributed by atoms with Crippen LogP contribution >= 0.6 is 0 Å². The van der Waals surface area contributed by atoms with E-state index in [4.69, 9.17) is 4.42 Å². The molecule has 2 aromatic heterocycles. The molecule has 132 valence electrons. The Morgan fingerprint density at radius 2 is 2.00 bits per heavy atom. The second kappa shape index (κ2) is 6.62. The first-order valence-corrected chi connectivity index (χ1v) is 8.60. The van der Waals surface area contributed by atoms with Gasteiger partial charge in [0.2, 0.25) is 0 Å². The molecule has 3 amide bonds. The molecule has 3 heterocycles. The molecule has 4 rings (SSSR count). The monoisotopic (exact) mass is 343 g/mol. The number of H-pyrrole nitrogens is 1. The number of rotatable bonds is 4. The fourth-order valence-corrected chi connectivity index (χ4v) is 3.01. The minimum atomic E-state index is -0.130. The summed E-state index contributed by atoms with van der Waals surface area (Å²) in [5.74, 6) is 0.805. The van der Waals surface area contributed by atoms with Gasteiger partial charge in [-0.15, -0.1) is 0 Å². The SMILES string of the molecule is O=C(NCc1cc(C2CC2)n[nH]1)N1CCN(C(=O)c2ccco2)CC1. The zero-order valence-electron chi connectivity index (χ0n) is 13.9. The summed E-state index contributed by atoms with van der Waals surface area (Å²) in [5, 5.41) is 10.2. The number of piperazine rings is 1. The van der Waals surface area contributed by atoms with Crippen molar-refractivity contribution in [2.24, 2.45) is 0 Å². The molecule has 2 aromatic rings. The molecule has 1 saturated carbocycles. The molecule has 0 unspecified atom stereocenters. The van der Waals surface area contributed by atoms with Crippen LogP contribution in [0.25, 0.3) is 0 Å². The predicted octanol–water partition coefficient (Wildman–Crippen LogP) is 1.55. The van der Waals surface area contributed by atoms with Gasteiger partial charge in [0.25, 0.3) is 5.91 Å². The smallest absolute Gasteiger partial charge is 0.317 e. The highest BCUT2D eigenvalue weighted by Crippen LogP contribution is 2.38. The van der Waals surface area contributed by atoms with Crippen LogP contribution in [0.4, 0.5) is 4.79 Å². The van der Waals surface area contributed by atoms with Gasteiger partial charge in [0, 0.05) is 32.1 Å². The second-order valence-corrected chi connectivity index (χ2v) is 6.51. The highest BCUT2D eigenvalue weighted by atomic mass is 16.3. The molecular formula is C17H21N5O3. The lowest BCUT2D eigenvalue weighted by Gasteiger charge is -2.34. The van der Waals surface area contributed by atoms with Gasteiger partial charge in [-0.3, -0.25) is 9.89 Å². The van der Waals surface area contributed by atoms with Gasteiger partial charge in [-0.25, -0.2) is 4.79 Å². The van der Waals surface area contributed by atoms with Gasteiger partial charge >= 0.3 is 6.03 Å². The third-order valence-corrected chi connectivity index (χ3v) is 4.66. The molecule has 2 aliphatic rings. The summed E-state index contributed by atoms with van der Waals surface area (Å²) in [7, 11) is 0. The quantitative estimate of drug-likeness (QED) is 0.880. The molecule has 0 bridgehead atoms. The Hall–Kier alpha value is -2.77. The van der Waals surface area contributed by atoms with Crippen molar-refractivity contribution in [3.05, 3.63) is 41.6 Å². The van der Waals surface area contributed by atoms with Crippen molar-refractivity contribution in [1.29, 1.82) is 0 Å². The Morgan fingerprint density at radius 3 is 2.68 bits per heavy atom. The number of urea groups is 1. The van der Waals surface area contributed by atoms with Crippen LogP contribution in [-0.4, -0.2) is 58.1 Å². The molecule has 8 heteroatoms. The fourth-order valence-electron chi connectivity index (χ4n) is 3.01. The largest absolute Gasteiger partial charge is 0.459 e. The van der Waals surface area contributed by atoms with Crippen molar-refractivity contribution in [2.75, 3.05) is 26.2 Å². The molecule has 0 spiro atoms. The molecule has 2 N–H and O–H groups in total. The topological polar surface area (TPSA) is 94.5 Å². The van der Waals surface area contributed by atoms with Crippen LogP contribution in [0.5, 0.6) is 0 Å². The summed E-state index contributed by atoms with van der Waals surface area (Å²) < 4.78 is 5.14. The van der Waals surface area contributed by atoms with E-state index in [0.29, 0.717) is 44.4 Å². The number of aromatic amines is 1. The fraction of sp³-hybridized carbons (Fsp3) is 0.471. The average Bonchev–Trinajstić information content (AvgIpc) is 3.15. The lowest BCUT2D eigenvalue weighted by Crippen LogP contribution is -2.53.